The van der Waals surface area contributed by atoms with Crippen molar-refractivity contribution in [1.82, 2.24) is 5.32 Å². The number of nitrogens with zero attached hydrogens (tertiary/aromatic N) is 1. The maximum atomic E-state index is 13.3. The van der Waals surface area contributed by atoms with Gasteiger partial charge in [-0.15, -0.1) is 0 Å². The monoisotopic (exact) mass is 528 g/mol. The third-order valence-electron chi connectivity index (χ3n) is 7.07. The molecule has 2 aromatic carbocycles. The summed E-state index contributed by atoms with van der Waals surface area (Å²) in [6, 6.07) is 8.27. The Bertz CT molecular complexity index is 1120. The van der Waals surface area contributed by atoms with Crippen molar-refractivity contribution in [3.8, 4) is 0 Å². The zero-order valence-electron chi connectivity index (χ0n) is 20.0. The first kappa shape index (κ1) is 26.8. The first-order chi connectivity index (χ1) is 17.3. The second-order valence-corrected chi connectivity index (χ2v) is 9.51. The Kier molecular flexibility index (Phi) is 7.18. The molecule has 2 fully saturated rings. The van der Waals surface area contributed by atoms with Crippen LogP contribution < -0.4 is 10.2 Å². The Morgan fingerprint density at radius 3 is 2.00 bits per heavy atom. The summed E-state index contributed by atoms with van der Waals surface area (Å²) in [5.74, 6) is -1.93. The number of cyclic esters (lactones) is 1. The van der Waals surface area contributed by atoms with Crippen molar-refractivity contribution in [3.05, 3.63) is 64.7 Å². The fourth-order valence-electron chi connectivity index (χ4n) is 4.95. The lowest BCUT2D eigenvalue weighted by molar-refractivity contribution is -0.143. The van der Waals surface area contributed by atoms with Crippen molar-refractivity contribution in [2.45, 2.75) is 62.8 Å². The van der Waals surface area contributed by atoms with Crippen LogP contribution in [0.2, 0.25) is 0 Å². The fraction of sp³-hybridized carbons (Fsp3) is 0.462. The average Bonchev–Trinajstić information content (AvgIpc) is 3.28. The van der Waals surface area contributed by atoms with E-state index in [4.69, 9.17) is 4.74 Å². The van der Waals surface area contributed by atoms with Gasteiger partial charge in [0.05, 0.1) is 29.1 Å². The summed E-state index contributed by atoms with van der Waals surface area (Å²) in [7, 11) is 0. The molecule has 4 rings (SSSR count). The summed E-state index contributed by atoms with van der Waals surface area (Å²) in [5, 5.41) is 2.95. The normalized spacial score (nSPS) is 18.9. The van der Waals surface area contributed by atoms with Crippen LogP contribution in [-0.2, 0) is 27.4 Å². The molecule has 0 bridgehead atoms. The van der Waals surface area contributed by atoms with Crippen LogP contribution in [-0.4, -0.2) is 25.2 Å². The molecule has 1 unspecified atom stereocenters. The van der Waals surface area contributed by atoms with Crippen molar-refractivity contribution >= 4 is 17.7 Å². The highest BCUT2D eigenvalue weighted by Gasteiger charge is 2.40. The van der Waals surface area contributed by atoms with Crippen molar-refractivity contribution in [2.75, 3.05) is 18.1 Å². The first-order valence-corrected chi connectivity index (χ1v) is 12.0. The summed E-state index contributed by atoms with van der Waals surface area (Å²) in [5.41, 5.74) is -2.74. The molecule has 200 valence electrons. The number of anilines is 1. The molecule has 1 saturated heterocycles. The predicted molar refractivity (Wildman–Crippen MR) is 123 cm³/mol. The maximum absolute atomic E-state index is 13.3. The molecular formula is C26H26F6N2O3. The molecule has 37 heavy (non-hydrogen) atoms. The van der Waals surface area contributed by atoms with Crippen LogP contribution in [0.5, 0.6) is 0 Å². The zero-order valence-corrected chi connectivity index (χ0v) is 20.0. The number of nitrogens with one attached hydrogen (secondary N) is 1. The molecule has 1 atom stereocenters. The molecule has 1 aliphatic carbocycles. The summed E-state index contributed by atoms with van der Waals surface area (Å²) < 4.78 is 84.9. The smallest absolute Gasteiger partial charge is 0.416 e. The van der Waals surface area contributed by atoms with Gasteiger partial charge in [0.2, 0.25) is 5.91 Å². The predicted octanol–water partition coefficient (Wildman–Crippen LogP) is 6.76. The molecule has 0 radical (unpaired) electrons. The van der Waals surface area contributed by atoms with Crippen molar-refractivity contribution in [1.29, 1.82) is 0 Å². The van der Waals surface area contributed by atoms with Gasteiger partial charge in [0.25, 0.3) is 0 Å². The van der Waals surface area contributed by atoms with Gasteiger partial charge in [-0.05, 0) is 61.2 Å². The van der Waals surface area contributed by atoms with Crippen molar-refractivity contribution < 1.29 is 40.7 Å². The van der Waals surface area contributed by atoms with Crippen LogP contribution >= 0.6 is 0 Å². The Morgan fingerprint density at radius 2 is 1.51 bits per heavy atom. The molecule has 0 aromatic heterocycles. The van der Waals surface area contributed by atoms with E-state index in [0.717, 1.165) is 24.8 Å². The summed E-state index contributed by atoms with van der Waals surface area (Å²) in [6.45, 7) is 1.99. The molecule has 5 nitrogen and oxygen atoms in total. The lowest BCUT2D eigenvalue weighted by Crippen LogP contribution is -2.48. The molecule has 2 aromatic rings. The van der Waals surface area contributed by atoms with E-state index in [9.17, 15) is 35.9 Å². The van der Waals surface area contributed by atoms with Gasteiger partial charge in [0.1, 0.15) is 6.61 Å². The van der Waals surface area contributed by atoms with E-state index < -0.39 is 46.9 Å². The molecule has 2 aliphatic rings. The molecule has 0 spiro atoms. The minimum Gasteiger partial charge on any atom is -0.447 e. The molecule has 1 saturated carbocycles. The van der Waals surface area contributed by atoms with E-state index in [-0.39, 0.29) is 18.2 Å². The van der Waals surface area contributed by atoms with E-state index in [2.05, 4.69) is 5.32 Å². The van der Waals surface area contributed by atoms with Gasteiger partial charge >= 0.3 is 18.4 Å². The second kappa shape index (κ2) is 9.90. The van der Waals surface area contributed by atoms with E-state index in [1.165, 1.54) is 11.8 Å². The number of carbonyl (C=O) groups excluding carboxylic acids is 2. The van der Waals surface area contributed by atoms with Crippen LogP contribution in [0.4, 0.5) is 36.8 Å². The highest BCUT2D eigenvalue weighted by Crippen LogP contribution is 2.40. The average molecular weight is 528 g/mol. The number of benzene rings is 2. The first-order valence-electron chi connectivity index (χ1n) is 12.0. The molecule has 2 amide bonds. The van der Waals surface area contributed by atoms with Crippen LogP contribution in [0.25, 0.3) is 0 Å². The largest absolute Gasteiger partial charge is 0.447 e. The van der Waals surface area contributed by atoms with Gasteiger partial charge in [-0.1, -0.05) is 31.4 Å². The standard InChI is InChI=1S/C26H26F6N2O3/c1-16(17-13-19(25(27,28)29)15-20(14-17)26(30,31)32)22(35)33-24(9-3-2-4-10-24)18-5-7-21(8-6-18)34-11-12-37-23(34)36/h5-8,13-16H,2-4,9-12H2,1H3,(H,33,35). The van der Waals surface area contributed by atoms with Crippen molar-refractivity contribution in [3.63, 3.8) is 0 Å². The number of rotatable bonds is 5. The maximum Gasteiger partial charge on any atom is 0.416 e. The quantitative estimate of drug-likeness (QED) is 0.437. The van der Waals surface area contributed by atoms with Crippen LogP contribution in [0, 0.1) is 0 Å². The van der Waals surface area contributed by atoms with Gasteiger partial charge in [0.15, 0.2) is 0 Å². The van der Waals surface area contributed by atoms with E-state index in [1.807, 2.05) is 0 Å². The molecule has 1 N–H and O–H groups in total. The Hall–Kier alpha value is -3.24. The number of hydrogen-bond acceptors (Lipinski definition) is 3. The van der Waals surface area contributed by atoms with Gasteiger partial charge in [0, 0.05) is 5.69 Å². The number of carbonyl (C=O) groups is 2. The molecule has 11 heteroatoms. The van der Waals surface area contributed by atoms with Gasteiger partial charge in [-0.25, -0.2) is 4.79 Å². The molecular weight excluding hydrogens is 502 g/mol. The minimum atomic E-state index is -5.00. The van der Waals surface area contributed by atoms with E-state index in [0.29, 0.717) is 37.2 Å². The van der Waals surface area contributed by atoms with Crippen LogP contribution in [0.1, 0.15) is 67.2 Å². The third-order valence-corrected chi connectivity index (χ3v) is 7.07. The second-order valence-electron chi connectivity index (χ2n) is 9.51. The Balaban J connectivity index is 1.62. The summed E-state index contributed by atoms with van der Waals surface area (Å²) in [4.78, 5) is 26.6. The van der Waals surface area contributed by atoms with Gasteiger partial charge in [-0.2, -0.15) is 26.3 Å². The Morgan fingerprint density at radius 1 is 0.946 bits per heavy atom. The highest BCUT2D eigenvalue weighted by molar-refractivity contribution is 5.89. The highest BCUT2D eigenvalue weighted by atomic mass is 19.4. The van der Waals surface area contributed by atoms with Crippen LogP contribution in [0.15, 0.2) is 42.5 Å². The van der Waals surface area contributed by atoms with E-state index >= 15 is 0 Å². The van der Waals surface area contributed by atoms with E-state index in [1.54, 1.807) is 24.3 Å². The van der Waals surface area contributed by atoms with Gasteiger partial charge < -0.3 is 10.1 Å². The van der Waals surface area contributed by atoms with Crippen LogP contribution in [0.3, 0.4) is 0 Å². The number of ether oxygens (including phenoxy) is 1. The number of amides is 2. The fourth-order valence-corrected chi connectivity index (χ4v) is 4.95. The number of alkyl halides is 6. The lowest BCUT2D eigenvalue weighted by Gasteiger charge is -2.39. The number of hydrogen-bond donors (Lipinski definition) is 1. The third kappa shape index (κ3) is 5.70. The summed E-state index contributed by atoms with van der Waals surface area (Å²) in [6.07, 6.45) is -6.82. The molecule has 1 heterocycles. The van der Waals surface area contributed by atoms with Gasteiger partial charge in [-0.3, -0.25) is 9.69 Å². The SMILES string of the molecule is CC(C(=O)NC1(c2ccc(N3CCOC3=O)cc2)CCCCC1)c1cc(C(F)(F)F)cc(C(F)(F)F)c1. The summed E-state index contributed by atoms with van der Waals surface area (Å²) >= 11 is 0. The minimum absolute atomic E-state index is 0.0501. The lowest BCUT2D eigenvalue weighted by atomic mass is 9.76. The number of halogens is 6. The zero-order chi connectivity index (χ0) is 27.0. The molecule has 1 aliphatic heterocycles. The Labute approximate surface area is 209 Å². The van der Waals surface area contributed by atoms with Crippen molar-refractivity contribution in [2.24, 2.45) is 0 Å². The topological polar surface area (TPSA) is 58.6 Å².